The summed E-state index contributed by atoms with van der Waals surface area (Å²) < 4.78 is 18.3. The minimum absolute atomic E-state index is 0.00739. The van der Waals surface area contributed by atoms with Crippen molar-refractivity contribution in [1.29, 1.82) is 0 Å². The van der Waals surface area contributed by atoms with E-state index in [0.29, 0.717) is 6.07 Å². The Morgan fingerprint density at radius 1 is 1.50 bits per heavy atom. The Labute approximate surface area is 131 Å². The number of nitro groups is 1. The molecule has 1 aromatic carbocycles. The number of rotatable bonds is 3. The maximum atomic E-state index is 13.5. The van der Waals surface area contributed by atoms with Gasteiger partial charge in [-0.3, -0.25) is 14.9 Å². The van der Waals surface area contributed by atoms with E-state index in [1.165, 1.54) is 0 Å². The lowest BCUT2D eigenvalue weighted by molar-refractivity contribution is -0.385. The molecule has 0 bridgehead atoms. The highest BCUT2D eigenvalue weighted by Crippen LogP contribution is 2.31. The van der Waals surface area contributed by atoms with E-state index in [0.717, 1.165) is 11.0 Å². The molecule has 0 spiro atoms. The smallest absolute Gasteiger partial charge is 0.328 e. The molecule has 0 aromatic heterocycles. The first-order valence-electron chi connectivity index (χ1n) is 6.08. The van der Waals surface area contributed by atoms with E-state index in [9.17, 15) is 24.1 Å². The van der Waals surface area contributed by atoms with Crippen LogP contribution in [-0.2, 0) is 9.53 Å². The molecule has 0 radical (unpaired) electrons. The number of nitro benzene ring substituents is 1. The van der Waals surface area contributed by atoms with Crippen molar-refractivity contribution in [1.82, 2.24) is 4.90 Å². The Morgan fingerprint density at radius 3 is 2.77 bits per heavy atom. The molecule has 0 saturated carbocycles. The average Bonchev–Trinajstić information content (AvgIpc) is 2.48. The van der Waals surface area contributed by atoms with Gasteiger partial charge in [0.05, 0.1) is 29.8 Å². The van der Waals surface area contributed by atoms with Gasteiger partial charge in [-0.15, -0.1) is 0 Å². The predicted octanol–water partition coefficient (Wildman–Crippen LogP) is 1.42. The molecule has 1 N–H and O–H groups in total. The largest absolute Gasteiger partial charge is 0.480 e. The van der Waals surface area contributed by atoms with Crippen LogP contribution in [0, 0.1) is 15.9 Å². The van der Waals surface area contributed by atoms with E-state index in [2.05, 4.69) is 15.9 Å². The lowest BCUT2D eigenvalue weighted by Gasteiger charge is -2.33. The van der Waals surface area contributed by atoms with E-state index >= 15 is 0 Å². The van der Waals surface area contributed by atoms with Crippen LogP contribution >= 0.6 is 15.9 Å². The fraction of sp³-hybridized carbons (Fsp3) is 0.333. The van der Waals surface area contributed by atoms with Crippen LogP contribution in [0.5, 0.6) is 0 Å². The molecule has 1 aliphatic rings. The number of hydrogen-bond acceptors (Lipinski definition) is 5. The molecule has 2 rings (SSSR count). The highest BCUT2D eigenvalue weighted by Gasteiger charge is 2.35. The Bertz CT molecular complexity index is 653. The van der Waals surface area contributed by atoms with E-state index in [-0.39, 0.29) is 29.8 Å². The summed E-state index contributed by atoms with van der Waals surface area (Å²) in [7, 11) is 0. The van der Waals surface area contributed by atoms with Crippen LogP contribution in [0.2, 0.25) is 0 Å². The summed E-state index contributed by atoms with van der Waals surface area (Å²) in [4.78, 5) is 34.6. The molecule has 8 nitrogen and oxygen atoms in total. The molecule has 1 saturated heterocycles. The monoisotopic (exact) mass is 376 g/mol. The van der Waals surface area contributed by atoms with Crippen molar-refractivity contribution in [2.75, 3.05) is 19.8 Å². The van der Waals surface area contributed by atoms with Gasteiger partial charge in [0.2, 0.25) is 0 Å². The second-order valence-corrected chi connectivity index (χ2v) is 5.26. The van der Waals surface area contributed by atoms with Gasteiger partial charge in [0.25, 0.3) is 11.6 Å². The zero-order valence-electron chi connectivity index (χ0n) is 11.0. The SMILES string of the molecule is O=C(O)C1COCCN1C(=O)c1cc(F)cc([N+](=O)[O-])c1Br. The van der Waals surface area contributed by atoms with Crippen LogP contribution in [0.25, 0.3) is 0 Å². The number of aliphatic carboxylic acids is 1. The van der Waals surface area contributed by atoms with Crippen LogP contribution in [0.3, 0.4) is 0 Å². The van der Waals surface area contributed by atoms with Crippen LogP contribution in [0.1, 0.15) is 10.4 Å². The Morgan fingerprint density at radius 2 is 2.18 bits per heavy atom. The van der Waals surface area contributed by atoms with E-state index in [1.54, 1.807) is 0 Å². The van der Waals surface area contributed by atoms with Crippen molar-refractivity contribution in [3.63, 3.8) is 0 Å². The summed E-state index contributed by atoms with van der Waals surface area (Å²) in [5, 5.41) is 20.0. The first kappa shape index (κ1) is 16.3. The number of morpholine rings is 1. The van der Waals surface area contributed by atoms with Gasteiger partial charge in [-0.1, -0.05) is 0 Å². The molecular formula is C12H10BrFN2O6. The number of carboxylic acids is 1. The van der Waals surface area contributed by atoms with Gasteiger partial charge in [0, 0.05) is 6.54 Å². The Balaban J connectivity index is 2.44. The van der Waals surface area contributed by atoms with Gasteiger partial charge < -0.3 is 14.7 Å². The molecule has 118 valence electrons. The van der Waals surface area contributed by atoms with Crippen molar-refractivity contribution < 1.29 is 28.7 Å². The highest BCUT2D eigenvalue weighted by molar-refractivity contribution is 9.10. The minimum Gasteiger partial charge on any atom is -0.480 e. The first-order chi connectivity index (χ1) is 10.3. The maximum Gasteiger partial charge on any atom is 0.328 e. The quantitative estimate of drug-likeness (QED) is 0.630. The van der Waals surface area contributed by atoms with Gasteiger partial charge in [-0.25, -0.2) is 9.18 Å². The lowest BCUT2D eigenvalue weighted by Crippen LogP contribution is -2.52. The van der Waals surface area contributed by atoms with Gasteiger partial charge in [0.15, 0.2) is 6.04 Å². The molecule has 1 amide bonds. The van der Waals surface area contributed by atoms with Crippen molar-refractivity contribution in [2.24, 2.45) is 0 Å². The van der Waals surface area contributed by atoms with Gasteiger partial charge >= 0.3 is 5.97 Å². The molecule has 1 fully saturated rings. The number of nitrogens with zero attached hydrogens (tertiary/aromatic N) is 2. The van der Waals surface area contributed by atoms with Crippen molar-refractivity contribution >= 4 is 33.5 Å². The third-order valence-electron chi connectivity index (χ3n) is 3.12. The second-order valence-electron chi connectivity index (χ2n) is 4.47. The maximum absolute atomic E-state index is 13.5. The van der Waals surface area contributed by atoms with Gasteiger partial charge in [-0.2, -0.15) is 0 Å². The summed E-state index contributed by atoms with van der Waals surface area (Å²) in [6.07, 6.45) is 0. The summed E-state index contributed by atoms with van der Waals surface area (Å²) in [5.41, 5.74) is -0.914. The second kappa shape index (κ2) is 6.36. The van der Waals surface area contributed by atoms with E-state index < -0.39 is 34.3 Å². The topological polar surface area (TPSA) is 110 Å². The molecule has 1 aliphatic heterocycles. The van der Waals surface area contributed by atoms with E-state index in [4.69, 9.17) is 9.84 Å². The standard InChI is InChI=1S/C12H10BrFN2O6/c13-10-7(3-6(14)4-8(10)16(20)21)11(17)15-1-2-22-5-9(15)12(18)19/h3-4,9H,1-2,5H2,(H,18,19). The lowest BCUT2D eigenvalue weighted by atomic mass is 10.1. The zero-order chi connectivity index (χ0) is 16.4. The Kier molecular flexibility index (Phi) is 4.71. The summed E-state index contributed by atoms with van der Waals surface area (Å²) in [5.74, 6) is -3.04. The summed E-state index contributed by atoms with van der Waals surface area (Å²) in [6.45, 7) is -0.0762. The van der Waals surface area contributed by atoms with Crippen LogP contribution in [-0.4, -0.2) is 52.6 Å². The fourth-order valence-corrected chi connectivity index (χ4v) is 2.61. The average molecular weight is 377 g/mol. The summed E-state index contributed by atoms with van der Waals surface area (Å²) >= 11 is 2.91. The summed E-state index contributed by atoms with van der Waals surface area (Å²) in [6, 6.07) is 0.276. The third kappa shape index (κ3) is 3.07. The van der Waals surface area contributed by atoms with E-state index in [1.807, 2.05) is 0 Å². The number of ether oxygens (including phenoxy) is 1. The fourth-order valence-electron chi connectivity index (χ4n) is 2.07. The highest BCUT2D eigenvalue weighted by atomic mass is 79.9. The van der Waals surface area contributed by atoms with Crippen molar-refractivity contribution in [3.8, 4) is 0 Å². The van der Waals surface area contributed by atoms with Crippen molar-refractivity contribution in [2.45, 2.75) is 6.04 Å². The molecule has 1 atom stereocenters. The van der Waals surface area contributed by atoms with Crippen LogP contribution in [0.15, 0.2) is 16.6 Å². The third-order valence-corrected chi connectivity index (χ3v) is 3.95. The normalized spacial score (nSPS) is 18.1. The van der Waals surface area contributed by atoms with Gasteiger partial charge in [0.1, 0.15) is 10.3 Å². The molecule has 0 aliphatic carbocycles. The Hall–Kier alpha value is -2.07. The number of hydrogen-bond donors (Lipinski definition) is 1. The van der Waals surface area contributed by atoms with Crippen LogP contribution < -0.4 is 0 Å². The number of carboxylic acid groups (broad SMARTS) is 1. The number of benzene rings is 1. The first-order valence-corrected chi connectivity index (χ1v) is 6.87. The zero-order valence-corrected chi connectivity index (χ0v) is 12.6. The molecule has 10 heteroatoms. The van der Waals surface area contributed by atoms with Gasteiger partial charge in [-0.05, 0) is 22.0 Å². The number of carbonyl (C=O) groups excluding carboxylic acids is 1. The molecular weight excluding hydrogens is 367 g/mol. The predicted molar refractivity (Wildman–Crippen MR) is 74.0 cm³/mol. The molecule has 22 heavy (non-hydrogen) atoms. The van der Waals surface area contributed by atoms with Crippen molar-refractivity contribution in [3.05, 3.63) is 38.1 Å². The molecule has 1 heterocycles. The van der Waals surface area contributed by atoms with Crippen LogP contribution in [0.4, 0.5) is 10.1 Å². The molecule has 1 aromatic rings. The molecule has 1 unspecified atom stereocenters. The minimum atomic E-state index is -1.27. The number of halogens is 2. The number of carbonyl (C=O) groups is 2. The number of amides is 1.